The van der Waals surface area contributed by atoms with Gasteiger partial charge in [-0.15, -0.1) is 0 Å². The number of hydrogen-bond acceptors (Lipinski definition) is 1. The lowest BCUT2D eigenvalue weighted by molar-refractivity contribution is -0.138. The van der Waals surface area contributed by atoms with E-state index in [0.717, 1.165) is 12.0 Å². The van der Waals surface area contributed by atoms with Crippen LogP contribution in [0.15, 0.2) is 18.2 Å². The summed E-state index contributed by atoms with van der Waals surface area (Å²) in [5, 5.41) is 8.98. The van der Waals surface area contributed by atoms with E-state index < -0.39 is 11.9 Å². The normalized spacial score (nSPS) is 20.5. The van der Waals surface area contributed by atoms with Gasteiger partial charge in [0, 0.05) is 0 Å². The van der Waals surface area contributed by atoms with Gasteiger partial charge in [0.2, 0.25) is 0 Å². The maximum atomic E-state index is 10.9. The Bertz CT molecular complexity index is 409. The van der Waals surface area contributed by atoms with Gasteiger partial charge >= 0.3 is 5.97 Å². The average Bonchev–Trinajstić information content (AvgIpc) is 2.69. The molecule has 1 aromatic rings. The van der Waals surface area contributed by atoms with Crippen LogP contribution in [0.4, 0.5) is 0 Å². The molecule has 2 atom stereocenters. The molecule has 0 saturated carbocycles. The molecular weight excluding hydrogens is 200 g/mol. The number of carboxylic acids is 1. The first kappa shape index (κ1) is 11.2. The molecule has 2 unspecified atom stereocenters. The third kappa shape index (κ3) is 1.84. The first-order valence-corrected chi connectivity index (χ1v) is 5.99. The Morgan fingerprint density at radius 1 is 1.56 bits per heavy atom. The molecule has 16 heavy (non-hydrogen) atoms. The summed E-state index contributed by atoms with van der Waals surface area (Å²) in [5.74, 6) is -0.458. The van der Waals surface area contributed by atoms with Crippen LogP contribution in [0.2, 0.25) is 0 Å². The quantitative estimate of drug-likeness (QED) is 0.845. The molecule has 2 nitrogen and oxygen atoms in total. The fourth-order valence-electron chi connectivity index (χ4n) is 2.56. The number of aliphatic carboxylic acids is 1. The van der Waals surface area contributed by atoms with E-state index >= 15 is 0 Å². The maximum absolute atomic E-state index is 10.9. The number of rotatable bonds is 3. The smallest absolute Gasteiger partial charge is 0.310 e. The van der Waals surface area contributed by atoms with Gasteiger partial charge in [-0.3, -0.25) is 4.79 Å². The largest absolute Gasteiger partial charge is 0.481 e. The van der Waals surface area contributed by atoms with Gasteiger partial charge in [-0.25, -0.2) is 0 Å². The number of fused-ring (bicyclic) bond motifs is 1. The molecule has 0 saturated heterocycles. The third-order valence-electron chi connectivity index (χ3n) is 3.73. The Morgan fingerprint density at radius 2 is 2.31 bits per heavy atom. The minimum Gasteiger partial charge on any atom is -0.481 e. The molecule has 86 valence electrons. The minimum absolute atomic E-state index is 0.397. The van der Waals surface area contributed by atoms with E-state index in [0.29, 0.717) is 5.92 Å². The summed E-state index contributed by atoms with van der Waals surface area (Å²) >= 11 is 0. The summed E-state index contributed by atoms with van der Waals surface area (Å²) in [5.41, 5.74) is 3.73. The van der Waals surface area contributed by atoms with E-state index in [1.807, 2.05) is 6.07 Å². The van der Waals surface area contributed by atoms with Crippen LogP contribution in [0.25, 0.3) is 0 Å². The van der Waals surface area contributed by atoms with Crippen LogP contribution in [0.5, 0.6) is 0 Å². The number of carbonyl (C=O) groups is 1. The summed E-state index contributed by atoms with van der Waals surface area (Å²) in [6, 6.07) is 6.20. The van der Waals surface area contributed by atoms with Crippen molar-refractivity contribution in [3.8, 4) is 0 Å². The van der Waals surface area contributed by atoms with Crippen LogP contribution < -0.4 is 0 Å². The highest BCUT2D eigenvalue weighted by atomic mass is 16.4. The van der Waals surface area contributed by atoms with Gasteiger partial charge in [0.15, 0.2) is 0 Å². The molecule has 0 radical (unpaired) electrons. The average molecular weight is 218 g/mol. The zero-order chi connectivity index (χ0) is 11.7. The highest BCUT2D eigenvalue weighted by Crippen LogP contribution is 2.36. The van der Waals surface area contributed by atoms with Gasteiger partial charge in [0.25, 0.3) is 0 Å². The number of carboxylic acid groups (broad SMARTS) is 1. The highest BCUT2D eigenvalue weighted by molar-refractivity contribution is 5.75. The van der Waals surface area contributed by atoms with Crippen LogP contribution in [-0.2, 0) is 11.2 Å². The Balaban J connectivity index is 2.31. The lowest BCUT2D eigenvalue weighted by atomic mass is 9.94. The standard InChI is InChI=1S/C14H18O2/c1-3-10-4-5-12-8-11(6-7-13(10)12)9(2)14(15)16/h6-10H,3-5H2,1-2H3,(H,15,16). The summed E-state index contributed by atoms with van der Waals surface area (Å²) in [7, 11) is 0. The molecule has 2 rings (SSSR count). The predicted octanol–water partition coefficient (Wildman–Crippen LogP) is 3.31. The van der Waals surface area contributed by atoms with Crippen molar-refractivity contribution in [2.75, 3.05) is 0 Å². The monoisotopic (exact) mass is 218 g/mol. The van der Waals surface area contributed by atoms with E-state index in [2.05, 4.69) is 19.1 Å². The molecule has 1 N–H and O–H groups in total. The zero-order valence-corrected chi connectivity index (χ0v) is 9.86. The molecular formula is C14H18O2. The first-order valence-electron chi connectivity index (χ1n) is 5.99. The number of benzene rings is 1. The summed E-state index contributed by atoms with van der Waals surface area (Å²) in [6.07, 6.45) is 3.51. The molecule has 1 aromatic carbocycles. The van der Waals surface area contributed by atoms with Gasteiger partial charge in [-0.2, -0.15) is 0 Å². The molecule has 0 heterocycles. The molecule has 2 heteroatoms. The van der Waals surface area contributed by atoms with Gasteiger partial charge in [0.05, 0.1) is 5.92 Å². The van der Waals surface area contributed by atoms with Crippen LogP contribution in [0.1, 0.15) is 55.2 Å². The van der Waals surface area contributed by atoms with Gasteiger partial charge in [-0.1, -0.05) is 25.1 Å². The van der Waals surface area contributed by atoms with Crippen molar-refractivity contribution < 1.29 is 9.90 Å². The summed E-state index contributed by atoms with van der Waals surface area (Å²) < 4.78 is 0. The van der Waals surface area contributed by atoms with E-state index in [-0.39, 0.29) is 0 Å². The van der Waals surface area contributed by atoms with Gasteiger partial charge in [-0.05, 0) is 48.8 Å². The van der Waals surface area contributed by atoms with Crippen molar-refractivity contribution in [1.82, 2.24) is 0 Å². The molecule has 1 aliphatic rings. The molecule has 0 aliphatic heterocycles. The lowest BCUT2D eigenvalue weighted by Crippen LogP contribution is -2.07. The van der Waals surface area contributed by atoms with Crippen LogP contribution in [0.3, 0.4) is 0 Å². The summed E-state index contributed by atoms with van der Waals surface area (Å²) in [4.78, 5) is 10.9. The second-order valence-electron chi connectivity index (χ2n) is 4.66. The molecule has 0 amide bonds. The predicted molar refractivity (Wildman–Crippen MR) is 63.8 cm³/mol. The second kappa shape index (κ2) is 4.28. The third-order valence-corrected chi connectivity index (χ3v) is 3.73. The highest BCUT2D eigenvalue weighted by Gasteiger charge is 2.22. The Hall–Kier alpha value is -1.31. The zero-order valence-electron chi connectivity index (χ0n) is 9.86. The Kier molecular flexibility index (Phi) is 2.99. The topological polar surface area (TPSA) is 37.3 Å². The lowest BCUT2D eigenvalue weighted by Gasteiger charge is -2.11. The molecule has 0 spiro atoms. The number of hydrogen-bond donors (Lipinski definition) is 1. The van der Waals surface area contributed by atoms with Crippen LogP contribution in [-0.4, -0.2) is 11.1 Å². The van der Waals surface area contributed by atoms with Gasteiger partial charge < -0.3 is 5.11 Å². The fourth-order valence-corrected chi connectivity index (χ4v) is 2.56. The van der Waals surface area contributed by atoms with Crippen molar-refractivity contribution in [2.24, 2.45) is 0 Å². The molecule has 0 fully saturated rings. The van der Waals surface area contributed by atoms with Crippen LogP contribution >= 0.6 is 0 Å². The number of aryl methyl sites for hydroxylation is 1. The SMILES string of the molecule is CCC1CCc2cc(C(C)C(=O)O)ccc21. The van der Waals surface area contributed by atoms with E-state index in [1.165, 1.54) is 24.0 Å². The van der Waals surface area contributed by atoms with E-state index in [1.54, 1.807) is 6.92 Å². The maximum Gasteiger partial charge on any atom is 0.310 e. The minimum atomic E-state index is -0.745. The first-order chi connectivity index (χ1) is 7.63. The summed E-state index contributed by atoms with van der Waals surface area (Å²) in [6.45, 7) is 3.96. The fraction of sp³-hybridized carbons (Fsp3) is 0.500. The molecule has 0 bridgehead atoms. The second-order valence-corrected chi connectivity index (χ2v) is 4.66. The van der Waals surface area contributed by atoms with Crippen molar-refractivity contribution >= 4 is 5.97 Å². The van der Waals surface area contributed by atoms with Crippen molar-refractivity contribution in [1.29, 1.82) is 0 Å². The Labute approximate surface area is 96.3 Å². The van der Waals surface area contributed by atoms with Crippen molar-refractivity contribution in [2.45, 2.75) is 44.9 Å². The Morgan fingerprint density at radius 3 is 2.94 bits per heavy atom. The van der Waals surface area contributed by atoms with Gasteiger partial charge in [0.1, 0.15) is 0 Å². The molecule has 1 aliphatic carbocycles. The van der Waals surface area contributed by atoms with E-state index in [9.17, 15) is 4.79 Å². The van der Waals surface area contributed by atoms with Crippen LogP contribution in [0, 0.1) is 0 Å². The van der Waals surface area contributed by atoms with Crippen molar-refractivity contribution in [3.05, 3.63) is 34.9 Å². The van der Waals surface area contributed by atoms with Crippen molar-refractivity contribution in [3.63, 3.8) is 0 Å². The van der Waals surface area contributed by atoms with E-state index in [4.69, 9.17) is 5.11 Å². The molecule has 0 aromatic heterocycles.